The molecule has 5 heteroatoms. The van der Waals surface area contributed by atoms with Gasteiger partial charge in [-0.05, 0) is 67.9 Å². The summed E-state index contributed by atoms with van der Waals surface area (Å²) in [5.41, 5.74) is 4.59. The molecule has 1 heterocycles. The van der Waals surface area contributed by atoms with Crippen molar-refractivity contribution in [3.63, 3.8) is 0 Å². The number of aliphatic hydroxyl groups is 1. The van der Waals surface area contributed by atoms with Gasteiger partial charge in [0, 0.05) is 29.2 Å². The number of aliphatic hydroxyl groups excluding tert-OH is 1. The minimum atomic E-state index is -0.774. The number of benzene rings is 2. The van der Waals surface area contributed by atoms with E-state index in [2.05, 4.69) is 22.0 Å². The highest BCUT2D eigenvalue weighted by molar-refractivity contribution is 5.94. The van der Waals surface area contributed by atoms with Crippen LogP contribution in [0.25, 0.3) is 5.69 Å². The predicted octanol–water partition coefficient (Wildman–Crippen LogP) is 3.57. The Balaban J connectivity index is 1.62. The van der Waals surface area contributed by atoms with Gasteiger partial charge in [0.25, 0.3) is 5.91 Å². The highest BCUT2D eigenvalue weighted by atomic mass is 16.5. The molecule has 0 saturated heterocycles. The van der Waals surface area contributed by atoms with Crippen molar-refractivity contribution in [2.24, 2.45) is 0 Å². The summed E-state index contributed by atoms with van der Waals surface area (Å²) in [7, 11) is 1.59. The first-order valence-corrected chi connectivity index (χ1v) is 8.85. The molecule has 3 aromatic rings. The van der Waals surface area contributed by atoms with Crippen LogP contribution in [0, 0.1) is 13.8 Å². The average molecular weight is 364 g/mol. The molecule has 0 aliphatic heterocycles. The van der Waals surface area contributed by atoms with Crippen molar-refractivity contribution in [1.82, 2.24) is 9.88 Å². The Morgan fingerprint density at radius 1 is 1.00 bits per heavy atom. The zero-order valence-electron chi connectivity index (χ0n) is 15.8. The van der Waals surface area contributed by atoms with Crippen LogP contribution in [0.3, 0.4) is 0 Å². The summed E-state index contributed by atoms with van der Waals surface area (Å²) in [6.45, 7) is 4.24. The molecule has 0 saturated carbocycles. The van der Waals surface area contributed by atoms with Gasteiger partial charge in [-0.3, -0.25) is 4.79 Å². The molecule has 3 rings (SSSR count). The first-order valence-electron chi connectivity index (χ1n) is 8.85. The fourth-order valence-electron chi connectivity index (χ4n) is 3.07. The molecule has 0 spiro atoms. The second kappa shape index (κ2) is 8.10. The smallest absolute Gasteiger partial charge is 0.251 e. The normalized spacial score (nSPS) is 11.9. The maximum absolute atomic E-state index is 12.4. The lowest BCUT2D eigenvalue weighted by Gasteiger charge is -2.13. The summed E-state index contributed by atoms with van der Waals surface area (Å²) < 4.78 is 7.24. The van der Waals surface area contributed by atoms with E-state index in [1.54, 1.807) is 43.5 Å². The molecular weight excluding hydrogens is 340 g/mol. The molecule has 0 fully saturated rings. The van der Waals surface area contributed by atoms with Crippen molar-refractivity contribution in [3.05, 3.63) is 83.2 Å². The SMILES string of the molecule is COc1ccc(C(O)CNC(=O)c2ccc(-n3c(C)ccc3C)cc2)cc1. The van der Waals surface area contributed by atoms with E-state index in [1.807, 2.05) is 26.0 Å². The molecule has 2 N–H and O–H groups in total. The highest BCUT2D eigenvalue weighted by Crippen LogP contribution is 2.18. The summed E-state index contributed by atoms with van der Waals surface area (Å²) in [6.07, 6.45) is -0.774. The highest BCUT2D eigenvalue weighted by Gasteiger charge is 2.12. The maximum Gasteiger partial charge on any atom is 0.251 e. The molecule has 2 aromatic carbocycles. The zero-order chi connectivity index (χ0) is 19.4. The summed E-state index contributed by atoms with van der Waals surface area (Å²) in [4.78, 5) is 12.4. The van der Waals surface area contributed by atoms with Crippen LogP contribution in [0.15, 0.2) is 60.7 Å². The minimum Gasteiger partial charge on any atom is -0.497 e. The summed E-state index contributed by atoms with van der Waals surface area (Å²) in [6, 6.07) is 18.7. The van der Waals surface area contributed by atoms with Gasteiger partial charge >= 0.3 is 0 Å². The Labute approximate surface area is 159 Å². The van der Waals surface area contributed by atoms with Gasteiger partial charge in [-0.15, -0.1) is 0 Å². The van der Waals surface area contributed by atoms with Gasteiger partial charge in [0.05, 0.1) is 13.2 Å². The van der Waals surface area contributed by atoms with Crippen molar-refractivity contribution in [2.75, 3.05) is 13.7 Å². The Morgan fingerprint density at radius 2 is 1.59 bits per heavy atom. The van der Waals surface area contributed by atoms with Crippen LogP contribution >= 0.6 is 0 Å². The van der Waals surface area contributed by atoms with E-state index in [4.69, 9.17) is 4.74 Å². The molecule has 1 aromatic heterocycles. The number of amides is 1. The molecule has 27 heavy (non-hydrogen) atoms. The number of hydrogen-bond donors (Lipinski definition) is 2. The number of rotatable bonds is 6. The largest absolute Gasteiger partial charge is 0.497 e. The second-order valence-electron chi connectivity index (χ2n) is 6.50. The summed E-state index contributed by atoms with van der Waals surface area (Å²) >= 11 is 0. The Kier molecular flexibility index (Phi) is 5.62. The second-order valence-corrected chi connectivity index (χ2v) is 6.50. The number of nitrogens with zero attached hydrogens (tertiary/aromatic N) is 1. The Morgan fingerprint density at radius 3 is 2.15 bits per heavy atom. The van der Waals surface area contributed by atoms with Gasteiger partial charge in [-0.25, -0.2) is 0 Å². The van der Waals surface area contributed by atoms with Crippen molar-refractivity contribution in [1.29, 1.82) is 0 Å². The van der Waals surface area contributed by atoms with Crippen LogP contribution in [-0.4, -0.2) is 29.2 Å². The third-order valence-electron chi connectivity index (χ3n) is 4.62. The van der Waals surface area contributed by atoms with Crippen molar-refractivity contribution >= 4 is 5.91 Å². The minimum absolute atomic E-state index is 0.142. The third kappa shape index (κ3) is 4.20. The quantitative estimate of drug-likeness (QED) is 0.703. The molecule has 0 aliphatic rings. The Bertz CT molecular complexity index is 892. The van der Waals surface area contributed by atoms with Gasteiger partial charge < -0.3 is 19.7 Å². The molecule has 1 unspecified atom stereocenters. The molecule has 140 valence electrons. The van der Waals surface area contributed by atoms with Gasteiger partial charge in [0.1, 0.15) is 5.75 Å². The molecular formula is C22H24N2O3. The number of carbonyl (C=O) groups excluding carboxylic acids is 1. The lowest BCUT2D eigenvalue weighted by Crippen LogP contribution is -2.28. The molecule has 1 amide bonds. The van der Waals surface area contributed by atoms with E-state index in [-0.39, 0.29) is 12.5 Å². The van der Waals surface area contributed by atoms with Gasteiger partial charge in [-0.1, -0.05) is 12.1 Å². The van der Waals surface area contributed by atoms with E-state index >= 15 is 0 Å². The molecule has 1 atom stereocenters. The van der Waals surface area contributed by atoms with E-state index in [9.17, 15) is 9.90 Å². The number of carbonyl (C=O) groups is 1. The number of nitrogens with one attached hydrogen (secondary N) is 1. The number of aromatic nitrogens is 1. The van der Waals surface area contributed by atoms with E-state index < -0.39 is 6.10 Å². The summed E-state index contributed by atoms with van der Waals surface area (Å²) in [5, 5.41) is 13.0. The van der Waals surface area contributed by atoms with E-state index in [0.717, 1.165) is 28.4 Å². The molecule has 0 bridgehead atoms. The van der Waals surface area contributed by atoms with Gasteiger partial charge in [-0.2, -0.15) is 0 Å². The average Bonchev–Trinajstić information content (AvgIpc) is 3.04. The van der Waals surface area contributed by atoms with Crippen LogP contribution in [0.2, 0.25) is 0 Å². The fraction of sp³-hybridized carbons (Fsp3) is 0.227. The fourth-order valence-corrected chi connectivity index (χ4v) is 3.07. The van der Waals surface area contributed by atoms with Crippen molar-refractivity contribution in [3.8, 4) is 11.4 Å². The lowest BCUT2D eigenvalue weighted by molar-refractivity contribution is 0.0916. The topological polar surface area (TPSA) is 63.5 Å². The van der Waals surface area contributed by atoms with Crippen molar-refractivity contribution in [2.45, 2.75) is 20.0 Å². The first-order chi connectivity index (χ1) is 13.0. The van der Waals surface area contributed by atoms with E-state index in [1.165, 1.54) is 0 Å². The predicted molar refractivity (Wildman–Crippen MR) is 106 cm³/mol. The van der Waals surface area contributed by atoms with Crippen LogP contribution in [-0.2, 0) is 0 Å². The molecule has 0 aliphatic carbocycles. The van der Waals surface area contributed by atoms with Crippen LogP contribution in [0.4, 0.5) is 0 Å². The lowest BCUT2D eigenvalue weighted by atomic mass is 10.1. The first kappa shape index (κ1) is 18.7. The van der Waals surface area contributed by atoms with Gasteiger partial charge in [0.15, 0.2) is 0 Å². The molecule has 0 radical (unpaired) electrons. The maximum atomic E-state index is 12.4. The standard InChI is InChI=1S/C22H24N2O3/c1-15-4-5-16(2)24(15)19-10-6-18(7-11-19)22(26)23-14-21(25)17-8-12-20(27-3)13-9-17/h4-13,21,25H,14H2,1-3H3,(H,23,26). The number of hydrogen-bond acceptors (Lipinski definition) is 3. The third-order valence-corrected chi connectivity index (χ3v) is 4.62. The summed E-state index contributed by atoms with van der Waals surface area (Å²) in [5.74, 6) is 0.512. The monoisotopic (exact) mass is 364 g/mol. The van der Waals surface area contributed by atoms with Crippen LogP contribution < -0.4 is 10.1 Å². The van der Waals surface area contributed by atoms with E-state index in [0.29, 0.717) is 5.56 Å². The number of methoxy groups -OCH3 is 1. The number of aryl methyl sites for hydroxylation is 2. The van der Waals surface area contributed by atoms with Crippen molar-refractivity contribution < 1.29 is 14.6 Å². The Hall–Kier alpha value is -3.05. The number of ether oxygens (including phenoxy) is 1. The zero-order valence-corrected chi connectivity index (χ0v) is 15.8. The van der Waals surface area contributed by atoms with Crippen LogP contribution in [0.5, 0.6) is 5.75 Å². The van der Waals surface area contributed by atoms with Crippen LogP contribution in [0.1, 0.15) is 33.4 Å². The van der Waals surface area contributed by atoms with Gasteiger partial charge in [0.2, 0.25) is 0 Å². The molecule has 5 nitrogen and oxygen atoms in total.